The van der Waals surface area contributed by atoms with Crippen LogP contribution < -0.4 is 5.73 Å². The van der Waals surface area contributed by atoms with Crippen LogP contribution in [0.25, 0.3) is 5.69 Å². The third-order valence-electron chi connectivity index (χ3n) is 2.56. The average molecular weight is 342 g/mol. The molecule has 0 aliphatic rings. The van der Waals surface area contributed by atoms with Crippen molar-refractivity contribution in [1.82, 2.24) is 15.0 Å². The fourth-order valence-electron chi connectivity index (χ4n) is 1.65. The van der Waals surface area contributed by atoms with Gasteiger partial charge >= 0.3 is 0 Å². The van der Waals surface area contributed by atoms with E-state index in [2.05, 4.69) is 45.9 Å². The summed E-state index contributed by atoms with van der Waals surface area (Å²) in [6.07, 6.45) is 3.90. The van der Waals surface area contributed by atoms with Gasteiger partial charge in [0, 0.05) is 3.57 Å². The molecule has 0 radical (unpaired) electrons. The lowest BCUT2D eigenvalue weighted by atomic mass is 10.1. The third kappa shape index (κ3) is 3.04. The van der Waals surface area contributed by atoms with Crippen molar-refractivity contribution >= 4 is 22.6 Å². The molecule has 1 aromatic heterocycles. The first-order chi connectivity index (χ1) is 8.20. The van der Waals surface area contributed by atoms with Crippen LogP contribution in [0, 0.1) is 3.57 Å². The molecular formula is C12H15IN4. The summed E-state index contributed by atoms with van der Waals surface area (Å²) in [6.45, 7) is 2.11. The summed E-state index contributed by atoms with van der Waals surface area (Å²) in [5.74, 6) is 0. The van der Waals surface area contributed by atoms with E-state index in [0.717, 1.165) is 24.2 Å². The molecule has 0 aliphatic carbocycles. The van der Waals surface area contributed by atoms with Crippen molar-refractivity contribution in [3.05, 3.63) is 39.7 Å². The number of hydrogen-bond acceptors (Lipinski definition) is 3. The Labute approximate surface area is 114 Å². The zero-order chi connectivity index (χ0) is 12.3. The second-order valence-electron chi connectivity index (χ2n) is 3.96. The van der Waals surface area contributed by atoms with Gasteiger partial charge in [-0.15, -0.1) is 5.10 Å². The average Bonchev–Trinajstić information content (AvgIpc) is 2.78. The second-order valence-corrected chi connectivity index (χ2v) is 5.21. The largest absolute Gasteiger partial charge is 0.323 e. The summed E-state index contributed by atoms with van der Waals surface area (Å²) >= 11 is 2.28. The van der Waals surface area contributed by atoms with Crippen LogP contribution in [0.4, 0.5) is 0 Å². The number of aromatic nitrogens is 3. The highest BCUT2D eigenvalue weighted by atomic mass is 127. The van der Waals surface area contributed by atoms with Crippen molar-refractivity contribution in [3.63, 3.8) is 0 Å². The van der Waals surface area contributed by atoms with E-state index in [-0.39, 0.29) is 6.04 Å². The lowest BCUT2D eigenvalue weighted by Gasteiger charge is -2.04. The van der Waals surface area contributed by atoms with Gasteiger partial charge in [0.1, 0.15) is 0 Å². The van der Waals surface area contributed by atoms with E-state index in [1.807, 2.05) is 24.4 Å². The first kappa shape index (κ1) is 12.5. The van der Waals surface area contributed by atoms with Crippen LogP contribution in [-0.4, -0.2) is 15.0 Å². The first-order valence-corrected chi connectivity index (χ1v) is 6.72. The summed E-state index contributed by atoms with van der Waals surface area (Å²) < 4.78 is 2.95. The predicted octanol–water partition coefficient (Wildman–Crippen LogP) is 2.67. The second kappa shape index (κ2) is 5.59. The molecule has 2 rings (SSSR count). The van der Waals surface area contributed by atoms with E-state index in [9.17, 15) is 0 Å². The van der Waals surface area contributed by atoms with Crippen LogP contribution in [0.1, 0.15) is 31.5 Å². The summed E-state index contributed by atoms with van der Waals surface area (Å²) in [4.78, 5) is 0. The SMILES string of the molecule is CCCC(N)c1cn(-c2cccc(I)c2)nn1. The van der Waals surface area contributed by atoms with Gasteiger partial charge in [0.15, 0.2) is 0 Å². The van der Waals surface area contributed by atoms with E-state index < -0.39 is 0 Å². The topological polar surface area (TPSA) is 56.7 Å². The highest BCUT2D eigenvalue weighted by Crippen LogP contribution is 2.15. The Morgan fingerprint density at radius 2 is 2.29 bits per heavy atom. The highest BCUT2D eigenvalue weighted by Gasteiger charge is 2.10. The van der Waals surface area contributed by atoms with E-state index in [0.29, 0.717) is 0 Å². The molecule has 5 heteroatoms. The maximum absolute atomic E-state index is 6.01. The van der Waals surface area contributed by atoms with Gasteiger partial charge in [-0.2, -0.15) is 0 Å². The monoisotopic (exact) mass is 342 g/mol. The van der Waals surface area contributed by atoms with Gasteiger partial charge in [0.2, 0.25) is 0 Å². The molecule has 0 aliphatic heterocycles. The van der Waals surface area contributed by atoms with Crippen LogP contribution >= 0.6 is 22.6 Å². The Morgan fingerprint density at radius 1 is 1.47 bits per heavy atom. The Balaban J connectivity index is 2.23. The molecule has 4 nitrogen and oxygen atoms in total. The maximum Gasteiger partial charge on any atom is 0.0998 e. The summed E-state index contributed by atoms with van der Waals surface area (Å²) in [5, 5.41) is 8.24. The van der Waals surface area contributed by atoms with Crippen molar-refractivity contribution in [2.24, 2.45) is 5.73 Å². The van der Waals surface area contributed by atoms with Crippen molar-refractivity contribution in [1.29, 1.82) is 0 Å². The fraction of sp³-hybridized carbons (Fsp3) is 0.333. The molecule has 0 spiro atoms. The van der Waals surface area contributed by atoms with Crippen LogP contribution in [0.2, 0.25) is 0 Å². The number of halogens is 1. The molecule has 1 unspecified atom stereocenters. The zero-order valence-corrected chi connectivity index (χ0v) is 11.8. The van der Waals surface area contributed by atoms with Crippen molar-refractivity contribution in [3.8, 4) is 5.69 Å². The molecule has 0 amide bonds. The van der Waals surface area contributed by atoms with Gasteiger partial charge in [-0.25, -0.2) is 4.68 Å². The Hall–Kier alpha value is -0.950. The first-order valence-electron chi connectivity index (χ1n) is 5.64. The molecule has 2 N–H and O–H groups in total. The van der Waals surface area contributed by atoms with Crippen LogP contribution in [-0.2, 0) is 0 Å². The normalized spacial score (nSPS) is 12.6. The van der Waals surface area contributed by atoms with Crippen molar-refractivity contribution in [2.45, 2.75) is 25.8 Å². The quantitative estimate of drug-likeness (QED) is 0.870. The molecule has 2 aromatic rings. The fourth-order valence-corrected chi connectivity index (χ4v) is 2.18. The number of nitrogens with zero attached hydrogens (tertiary/aromatic N) is 3. The maximum atomic E-state index is 6.01. The minimum atomic E-state index is -0.0171. The van der Waals surface area contributed by atoms with Gasteiger partial charge in [0.05, 0.1) is 23.6 Å². The molecule has 0 saturated carbocycles. The minimum absolute atomic E-state index is 0.0171. The highest BCUT2D eigenvalue weighted by molar-refractivity contribution is 14.1. The standard InChI is InChI=1S/C12H15IN4/c1-2-4-11(14)12-8-17(16-15-12)10-6-3-5-9(13)7-10/h3,5-8,11H,2,4,14H2,1H3. The third-order valence-corrected chi connectivity index (χ3v) is 3.23. The molecule has 0 fully saturated rings. The molecule has 0 saturated heterocycles. The van der Waals surface area contributed by atoms with E-state index in [1.165, 1.54) is 3.57 Å². The summed E-state index contributed by atoms with van der Waals surface area (Å²) in [5.41, 5.74) is 7.88. The van der Waals surface area contributed by atoms with Gasteiger partial charge in [-0.1, -0.05) is 24.6 Å². The molecule has 90 valence electrons. The van der Waals surface area contributed by atoms with Crippen LogP contribution in [0.15, 0.2) is 30.5 Å². The van der Waals surface area contributed by atoms with Crippen LogP contribution in [0.5, 0.6) is 0 Å². The molecular weight excluding hydrogens is 327 g/mol. The van der Waals surface area contributed by atoms with Gasteiger partial charge in [-0.05, 0) is 47.2 Å². The number of nitrogens with two attached hydrogens (primary N) is 1. The van der Waals surface area contributed by atoms with E-state index >= 15 is 0 Å². The molecule has 1 atom stereocenters. The predicted molar refractivity (Wildman–Crippen MR) is 75.9 cm³/mol. The number of hydrogen-bond donors (Lipinski definition) is 1. The van der Waals surface area contributed by atoms with Gasteiger partial charge < -0.3 is 5.73 Å². The van der Waals surface area contributed by atoms with E-state index in [4.69, 9.17) is 5.73 Å². The van der Waals surface area contributed by atoms with Crippen molar-refractivity contribution in [2.75, 3.05) is 0 Å². The smallest absolute Gasteiger partial charge is 0.0998 e. The van der Waals surface area contributed by atoms with Gasteiger partial charge in [-0.3, -0.25) is 0 Å². The van der Waals surface area contributed by atoms with E-state index in [1.54, 1.807) is 4.68 Å². The lowest BCUT2D eigenvalue weighted by Crippen LogP contribution is -2.10. The summed E-state index contributed by atoms with van der Waals surface area (Å²) in [6, 6.07) is 8.10. The van der Waals surface area contributed by atoms with Crippen molar-refractivity contribution < 1.29 is 0 Å². The van der Waals surface area contributed by atoms with Gasteiger partial charge in [0.25, 0.3) is 0 Å². The lowest BCUT2D eigenvalue weighted by molar-refractivity contribution is 0.619. The summed E-state index contributed by atoms with van der Waals surface area (Å²) in [7, 11) is 0. The number of benzene rings is 1. The number of rotatable bonds is 4. The Kier molecular flexibility index (Phi) is 4.11. The van der Waals surface area contributed by atoms with Crippen LogP contribution in [0.3, 0.4) is 0 Å². The molecule has 17 heavy (non-hydrogen) atoms. The molecule has 1 heterocycles. The Bertz CT molecular complexity index is 495. The minimum Gasteiger partial charge on any atom is -0.323 e. The molecule has 1 aromatic carbocycles. The zero-order valence-electron chi connectivity index (χ0n) is 9.68. The molecule has 0 bridgehead atoms. The Morgan fingerprint density at radius 3 is 3.00 bits per heavy atom.